The van der Waals surface area contributed by atoms with Crippen LogP contribution in [0, 0.1) is 0 Å². The summed E-state index contributed by atoms with van der Waals surface area (Å²) in [4.78, 5) is 15.9. The van der Waals surface area contributed by atoms with Crippen LogP contribution in [0.1, 0.15) is 31.2 Å². The average Bonchev–Trinajstić information content (AvgIpc) is 3.42. The number of rotatable bonds is 12. The van der Waals surface area contributed by atoms with Crippen molar-refractivity contribution in [2.75, 3.05) is 46.6 Å². The first-order valence-electron chi connectivity index (χ1n) is 10.9. The van der Waals surface area contributed by atoms with E-state index in [1.165, 1.54) is 5.56 Å². The molecule has 2 aliphatic rings. The van der Waals surface area contributed by atoms with E-state index in [0.717, 1.165) is 71.0 Å². The van der Waals surface area contributed by atoms with Gasteiger partial charge in [-0.15, -0.1) is 24.0 Å². The molecular formula is C22H35IN4O4. The third-order valence-corrected chi connectivity index (χ3v) is 5.02. The molecule has 2 fully saturated rings. The van der Waals surface area contributed by atoms with Crippen LogP contribution in [0.15, 0.2) is 29.3 Å². The van der Waals surface area contributed by atoms with Crippen molar-refractivity contribution in [3.8, 4) is 5.75 Å². The normalized spacial score (nSPS) is 18.2. The molecule has 1 unspecified atom stereocenters. The van der Waals surface area contributed by atoms with Gasteiger partial charge in [0.25, 0.3) is 5.91 Å². The second-order valence-corrected chi connectivity index (χ2v) is 7.66. The molecular weight excluding hydrogens is 511 g/mol. The Morgan fingerprint density at radius 1 is 1.16 bits per heavy atom. The average molecular weight is 546 g/mol. The SMILES string of the molecule is CN=C(NCCCOC1CCOC1)NCCc1ccc(OCC(=O)NC2CC2)cc1.I. The van der Waals surface area contributed by atoms with Crippen molar-refractivity contribution in [3.05, 3.63) is 29.8 Å². The zero-order chi connectivity index (χ0) is 21.0. The Labute approximate surface area is 201 Å². The minimum atomic E-state index is -0.0521. The summed E-state index contributed by atoms with van der Waals surface area (Å²) >= 11 is 0. The predicted molar refractivity (Wildman–Crippen MR) is 131 cm³/mol. The Morgan fingerprint density at radius 2 is 1.94 bits per heavy atom. The van der Waals surface area contributed by atoms with Crippen molar-refractivity contribution in [1.82, 2.24) is 16.0 Å². The largest absolute Gasteiger partial charge is 0.484 e. The van der Waals surface area contributed by atoms with Crippen molar-refractivity contribution in [2.45, 2.75) is 44.2 Å². The molecule has 174 valence electrons. The summed E-state index contributed by atoms with van der Waals surface area (Å²) in [5, 5.41) is 9.54. The van der Waals surface area contributed by atoms with Crippen LogP contribution in [0.25, 0.3) is 0 Å². The zero-order valence-corrected chi connectivity index (χ0v) is 20.6. The molecule has 0 spiro atoms. The summed E-state index contributed by atoms with van der Waals surface area (Å²) in [7, 11) is 1.77. The molecule has 9 heteroatoms. The van der Waals surface area contributed by atoms with E-state index in [2.05, 4.69) is 20.9 Å². The molecule has 0 bridgehead atoms. The predicted octanol–water partition coefficient (Wildman–Crippen LogP) is 1.87. The molecule has 1 saturated heterocycles. The van der Waals surface area contributed by atoms with Crippen LogP contribution >= 0.6 is 24.0 Å². The maximum absolute atomic E-state index is 11.7. The maximum atomic E-state index is 11.7. The number of hydrogen-bond donors (Lipinski definition) is 3. The highest BCUT2D eigenvalue weighted by Crippen LogP contribution is 2.18. The van der Waals surface area contributed by atoms with Crippen molar-refractivity contribution >= 4 is 35.8 Å². The van der Waals surface area contributed by atoms with Gasteiger partial charge in [0.05, 0.1) is 12.7 Å². The van der Waals surface area contributed by atoms with Crippen LogP contribution < -0.4 is 20.7 Å². The van der Waals surface area contributed by atoms with E-state index in [-0.39, 0.29) is 42.6 Å². The zero-order valence-electron chi connectivity index (χ0n) is 18.2. The smallest absolute Gasteiger partial charge is 0.258 e. The van der Waals surface area contributed by atoms with Crippen LogP contribution in [-0.2, 0) is 20.7 Å². The molecule has 1 amide bonds. The molecule has 1 aromatic carbocycles. The topological polar surface area (TPSA) is 93.2 Å². The standard InChI is InChI=1S/C22H34N4O4.HI/c1-23-22(24-11-2-13-29-20-10-14-28-15-20)25-12-9-17-3-7-19(8-4-17)30-16-21(27)26-18-5-6-18;/h3-4,7-8,18,20H,2,5-6,9-16H2,1H3,(H,26,27)(H2,23,24,25);1H. The van der Waals surface area contributed by atoms with Gasteiger partial charge in [0.2, 0.25) is 0 Å². The Kier molecular flexibility index (Phi) is 12.0. The Balaban J connectivity index is 0.00000341. The monoisotopic (exact) mass is 546 g/mol. The number of ether oxygens (including phenoxy) is 3. The first-order chi connectivity index (χ1) is 14.7. The second-order valence-electron chi connectivity index (χ2n) is 7.66. The molecule has 0 aromatic heterocycles. The number of amides is 1. The Hall–Kier alpha value is -1.59. The van der Waals surface area contributed by atoms with Gasteiger partial charge in [-0.1, -0.05) is 12.1 Å². The van der Waals surface area contributed by atoms with E-state index in [4.69, 9.17) is 14.2 Å². The van der Waals surface area contributed by atoms with E-state index in [0.29, 0.717) is 11.8 Å². The number of halogens is 1. The highest BCUT2D eigenvalue weighted by Gasteiger charge is 2.23. The van der Waals surface area contributed by atoms with Crippen LogP contribution in [0.4, 0.5) is 0 Å². The van der Waals surface area contributed by atoms with Gasteiger partial charge < -0.3 is 30.2 Å². The second kappa shape index (κ2) is 14.5. The van der Waals surface area contributed by atoms with E-state index in [1.807, 2.05) is 24.3 Å². The first kappa shape index (κ1) is 25.7. The number of aliphatic imine (C=N–C) groups is 1. The Bertz CT molecular complexity index is 677. The lowest BCUT2D eigenvalue weighted by molar-refractivity contribution is -0.123. The molecule has 1 aliphatic heterocycles. The van der Waals surface area contributed by atoms with Crippen molar-refractivity contribution in [2.24, 2.45) is 4.99 Å². The fourth-order valence-electron chi connectivity index (χ4n) is 3.12. The van der Waals surface area contributed by atoms with Crippen molar-refractivity contribution in [1.29, 1.82) is 0 Å². The number of benzene rings is 1. The minimum absolute atomic E-state index is 0. The molecule has 1 aromatic rings. The highest BCUT2D eigenvalue weighted by atomic mass is 127. The molecule has 1 heterocycles. The van der Waals surface area contributed by atoms with Gasteiger partial charge in [0, 0.05) is 39.4 Å². The lowest BCUT2D eigenvalue weighted by Gasteiger charge is -2.13. The highest BCUT2D eigenvalue weighted by molar-refractivity contribution is 14.0. The number of hydrogen-bond acceptors (Lipinski definition) is 5. The lowest BCUT2D eigenvalue weighted by Crippen LogP contribution is -2.39. The quantitative estimate of drug-likeness (QED) is 0.161. The summed E-state index contributed by atoms with van der Waals surface area (Å²) in [6, 6.07) is 8.22. The summed E-state index contributed by atoms with van der Waals surface area (Å²) < 4.78 is 16.6. The Morgan fingerprint density at radius 3 is 2.61 bits per heavy atom. The van der Waals surface area contributed by atoms with Crippen LogP contribution in [0.2, 0.25) is 0 Å². The maximum Gasteiger partial charge on any atom is 0.258 e. The van der Waals surface area contributed by atoms with E-state index in [9.17, 15) is 4.79 Å². The summed E-state index contributed by atoms with van der Waals surface area (Å²) in [5.74, 6) is 1.45. The first-order valence-corrected chi connectivity index (χ1v) is 10.9. The summed E-state index contributed by atoms with van der Waals surface area (Å²) in [6.07, 6.45) is 5.22. The number of nitrogens with one attached hydrogen (secondary N) is 3. The van der Waals surface area contributed by atoms with E-state index in [1.54, 1.807) is 7.05 Å². The van der Waals surface area contributed by atoms with Crippen LogP contribution in [0.5, 0.6) is 5.75 Å². The summed E-state index contributed by atoms with van der Waals surface area (Å²) in [6.45, 7) is 3.92. The molecule has 1 atom stereocenters. The molecule has 3 N–H and O–H groups in total. The van der Waals surface area contributed by atoms with E-state index < -0.39 is 0 Å². The van der Waals surface area contributed by atoms with E-state index >= 15 is 0 Å². The van der Waals surface area contributed by atoms with Gasteiger partial charge >= 0.3 is 0 Å². The van der Waals surface area contributed by atoms with Gasteiger partial charge in [0.15, 0.2) is 12.6 Å². The third kappa shape index (κ3) is 10.5. The molecule has 1 aliphatic carbocycles. The minimum Gasteiger partial charge on any atom is -0.484 e. The van der Waals surface area contributed by atoms with Crippen molar-refractivity contribution in [3.63, 3.8) is 0 Å². The van der Waals surface area contributed by atoms with Gasteiger partial charge in [0.1, 0.15) is 5.75 Å². The fraction of sp³-hybridized carbons (Fsp3) is 0.636. The number of guanidine groups is 1. The molecule has 3 rings (SSSR count). The van der Waals surface area contributed by atoms with Gasteiger partial charge in [-0.3, -0.25) is 9.79 Å². The van der Waals surface area contributed by atoms with Gasteiger partial charge in [-0.05, 0) is 49.8 Å². The lowest BCUT2D eigenvalue weighted by atomic mass is 10.1. The third-order valence-electron chi connectivity index (χ3n) is 5.02. The van der Waals surface area contributed by atoms with Crippen LogP contribution in [0.3, 0.4) is 0 Å². The number of carbonyl (C=O) groups excluding carboxylic acids is 1. The van der Waals surface area contributed by atoms with Gasteiger partial charge in [-0.2, -0.15) is 0 Å². The molecule has 31 heavy (non-hydrogen) atoms. The summed E-state index contributed by atoms with van der Waals surface area (Å²) in [5.41, 5.74) is 1.19. The molecule has 8 nitrogen and oxygen atoms in total. The fourth-order valence-corrected chi connectivity index (χ4v) is 3.12. The van der Waals surface area contributed by atoms with Crippen molar-refractivity contribution < 1.29 is 19.0 Å². The number of carbonyl (C=O) groups is 1. The number of nitrogens with zero attached hydrogens (tertiary/aromatic N) is 1. The van der Waals surface area contributed by atoms with Gasteiger partial charge in [-0.25, -0.2) is 0 Å². The molecule has 1 saturated carbocycles. The molecule has 0 radical (unpaired) electrons. The van der Waals surface area contributed by atoms with Crippen LogP contribution in [-0.4, -0.2) is 70.6 Å².